The third-order valence-electron chi connectivity index (χ3n) is 1.60. The SMILES string of the molecule is CC(C)Cc1ccc(N=C=O)cn1. The third-order valence-corrected chi connectivity index (χ3v) is 1.60. The lowest BCUT2D eigenvalue weighted by Gasteiger charge is -2.02. The van der Waals surface area contributed by atoms with E-state index in [1.165, 1.54) is 6.08 Å². The Morgan fingerprint density at radius 2 is 2.31 bits per heavy atom. The topological polar surface area (TPSA) is 42.3 Å². The standard InChI is InChI=1S/C10H12N2O/c1-8(2)5-9-3-4-10(6-11-9)12-7-13/h3-4,6,8H,5H2,1-2H3. The molecule has 0 aromatic carbocycles. The van der Waals surface area contributed by atoms with Crippen molar-refractivity contribution in [1.82, 2.24) is 4.98 Å². The zero-order valence-corrected chi connectivity index (χ0v) is 7.82. The highest BCUT2D eigenvalue weighted by molar-refractivity contribution is 5.47. The van der Waals surface area contributed by atoms with E-state index < -0.39 is 0 Å². The van der Waals surface area contributed by atoms with E-state index in [1.807, 2.05) is 6.07 Å². The molecule has 0 aliphatic heterocycles. The molecule has 3 heteroatoms. The van der Waals surface area contributed by atoms with Gasteiger partial charge in [-0.05, 0) is 24.5 Å². The van der Waals surface area contributed by atoms with E-state index in [0.29, 0.717) is 11.6 Å². The van der Waals surface area contributed by atoms with Crippen LogP contribution in [0, 0.1) is 5.92 Å². The Kier molecular flexibility index (Phi) is 3.35. The lowest BCUT2D eigenvalue weighted by molar-refractivity contribution is 0.565. The van der Waals surface area contributed by atoms with Gasteiger partial charge >= 0.3 is 0 Å². The minimum absolute atomic E-state index is 0.558. The van der Waals surface area contributed by atoms with E-state index in [9.17, 15) is 4.79 Å². The highest BCUT2D eigenvalue weighted by Crippen LogP contribution is 2.11. The zero-order valence-electron chi connectivity index (χ0n) is 7.82. The normalized spacial score (nSPS) is 9.77. The van der Waals surface area contributed by atoms with Gasteiger partial charge in [-0.1, -0.05) is 13.8 Å². The van der Waals surface area contributed by atoms with Gasteiger partial charge in [-0.15, -0.1) is 0 Å². The summed E-state index contributed by atoms with van der Waals surface area (Å²) in [6, 6.07) is 3.66. The highest BCUT2D eigenvalue weighted by atomic mass is 16.1. The molecule has 0 aliphatic rings. The maximum atomic E-state index is 9.92. The number of hydrogen-bond donors (Lipinski definition) is 0. The molecule has 0 aliphatic carbocycles. The lowest BCUT2D eigenvalue weighted by atomic mass is 10.1. The largest absolute Gasteiger partial charge is 0.259 e. The first kappa shape index (κ1) is 9.62. The van der Waals surface area contributed by atoms with Crippen molar-refractivity contribution in [3.05, 3.63) is 24.0 Å². The molecule has 0 N–H and O–H groups in total. The van der Waals surface area contributed by atoms with Gasteiger partial charge in [0, 0.05) is 5.69 Å². The van der Waals surface area contributed by atoms with Crippen molar-refractivity contribution < 1.29 is 4.79 Å². The van der Waals surface area contributed by atoms with Crippen LogP contribution in [0.15, 0.2) is 23.3 Å². The van der Waals surface area contributed by atoms with Gasteiger partial charge in [0.1, 0.15) is 0 Å². The first-order valence-corrected chi connectivity index (χ1v) is 4.25. The fourth-order valence-electron chi connectivity index (χ4n) is 1.07. The van der Waals surface area contributed by atoms with E-state index in [1.54, 1.807) is 12.3 Å². The lowest BCUT2D eigenvalue weighted by Crippen LogP contribution is -1.95. The highest BCUT2D eigenvalue weighted by Gasteiger charge is 1.98. The molecule has 1 aromatic heterocycles. The predicted molar refractivity (Wildman–Crippen MR) is 50.6 cm³/mol. The summed E-state index contributed by atoms with van der Waals surface area (Å²) in [6.07, 6.45) is 4.01. The van der Waals surface area contributed by atoms with Gasteiger partial charge in [0.2, 0.25) is 6.08 Å². The number of nitrogens with zero attached hydrogens (tertiary/aromatic N) is 2. The molecule has 1 rings (SSSR count). The van der Waals surface area contributed by atoms with Crippen LogP contribution in [0.25, 0.3) is 0 Å². The molecule has 0 saturated heterocycles. The Hall–Kier alpha value is -1.47. The number of isocyanates is 1. The first-order chi connectivity index (χ1) is 6.22. The van der Waals surface area contributed by atoms with Crippen molar-refractivity contribution >= 4 is 11.8 Å². The Labute approximate surface area is 77.5 Å². The fraction of sp³-hybridized carbons (Fsp3) is 0.400. The van der Waals surface area contributed by atoms with Crippen LogP contribution in [-0.2, 0) is 11.2 Å². The molecule has 1 heterocycles. The minimum Gasteiger partial charge on any atom is -0.259 e. The monoisotopic (exact) mass is 176 g/mol. The quantitative estimate of drug-likeness (QED) is 0.523. The Morgan fingerprint density at radius 3 is 2.77 bits per heavy atom. The summed E-state index contributed by atoms with van der Waals surface area (Å²) < 4.78 is 0. The van der Waals surface area contributed by atoms with Crippen LogP contribution in [0.4, 0.5) is 5.69 Å². The number of pyridine rings is 1. The molecule has 0 radical (unpaired) electrons. The molecular weight excluding hydrogens is 164 g/mol. The fourth-order valence-corrected chi connectivity index (χ4v) is 1.07. The molecule has 68 valence electrons. The Bertz CT molecular complexity index is 310. The second kappa shape index (κ2) is 4.53. The Balaban J connectivity index is 2.75. The smallest absolute Gasteiger partial charge is 0.240 e. The van der Waals surface area contributed by atoms with Crippen LogP contribution in [0.3, 0.4) is 0 Å². The van der Waals surface area contributed by atoms with Crippen molar-refractivity contribution in [1.29, 1.82) is 0 Å². The van der Waals surface area contributed by atoms with E-state index in [-0.39, 0.29) is 0 Å². The summed E-state index contributed by atoms with van der Waals surface area (Å²) in [5.74, 6) is 0.591. The van der Waals surface area contributed by atoms with Gasteiger partial charge in [-0.3, -0.25) is 4.98 Å². The number of hydrogen-bond acceptors (Lipinski definition) is 3. The van der Waals surface area contributed by atoms with Gasteiger partial charge in [-0.25, -0.2) is 4.79 Å². The number of aliphatic imine (C=N–C) groups is 1. The second-order valence-corrected chi connectivity index (χ2v) is 3.31. The Morgan fingerprint density at radius 1 is 1.54 bits per heavy atom. The van der Waals surface area contributed by atoms with E-state index >= 15 is 0 Å². The molecule has 1 aromatic rings. The van der Waals surface area contributed by atoms with Crippen LogP contribution in [0.2, 0.25) is 0 Å². The average Bonchev–Trinajstić information content (AvgIpc) is 2.08. The molecule has 0 saturated carbocycles. The van der Waals surface area contributed by atoms with Crippen molar-refractivity contribution in [2.24, 2.45) is 10.9 Å². The number of aromatic nitrogens is 1. The van der Waals surface area contributed by atoms with Gasteiger partial charge in [0.05, 0.1) is 11.9 Å². The molecule has 13 heavy (non-hydrogen) atoms. The molecule has 0 spiro atoms. The summed E-state index contributed by atoms with van der Waals surface area (Å²) >= 11 is 0. The van der Waals surface area contributed by atoms with Gasteiger partial charge in [-0.2, -0.15) is 4.99 Å². The summed E-state index contributed by atoms with van der Waals surface area (Å²) in [5.41, 5.74) is 1.59. The van der Waals surface area contributed by atoms with Crippen LogP contribution in [-0.4, -0.2) is 11.1 Å². The minimum atomic E-state index is 0.558. The van der Waals surface area contributed by atoms with Crippen molar-refractivity contribution in [2.75, 3.05) is 0 Å². The molecule has 0 atom stereocenters. The van der Waals surface area contributed by atoms with Crippen LogP contribution >= 0.6 is 0 Å². The maximum Gasteiger partial charge on any atom is 0.240 e. The van der Waals surface area contributed by atoms with E-state index in [2.05, 4.69) is 23.8 Å². The van der Waals surface area contributed by atoms with Gasteiger partial charge in [0.15, 0.2) is 0 Å². The van der Waals surface area contributed by atoms with E-state index in [4.69, 9.17) is 0 Å². The molecular formula is C10H12N2O. The van der Waals surface area contributed by atoms with Crippen LogP contribution in [0.1, 0.15) is 19.5 Å². The summed E-state index contributed by atoms with van der Waals surface area (Å²) in [5, 5.41) is 0. The molecule has 0 amide bonds. The first-order valence-electron chi connectivity index (χ1n) is 4.25. The van der Waals surface area contributed by atoms with E-state index in [0.717, 1.165) is 12.1 Å². The summed E-state index contributed by atoms with van der Waals surface area (Å²) in [6.45, 7) is 4.28. The molecule has 0 bridgehead atoms. The molecule has 3 nitrogen and oxygen atoms in total. The zero-order chi connectivity index (χ0) is 9.68. The van der Waals surface area contributed by atoms with Crippen LogP contribution < -0.4 is 0 Å². The van der Waals surface area contributed by atoms with Crippen molar-refractivity contribution in [3.8, 4) is 0 Å². The van der Waals surface area contributed by atoms with Crippen molar-refractivity contribution in [3.63, 3.8) is 0 Å². The maximum absolute atomic E-state index is 9.92. The van der Waals surface area contributed by atoms with Crippen LogP contribution in [0.5, 0.6) is 0 Å². The number of carbonyl (C=O) groups excluding carboxylic acids is 1. The van der Waals surface area contributed by atoms with Gasteiger partial charge < -0.3 is 0 Å². The second-order valence-electron chi connectivity index (χ2n) is 3.31. The predicted octanol–water partition coefficient (Wildman–Crippen LogP) is 2.25. The molecule has 0 unspecified atom stereocenters. The van der Waals surface area contributed by atoms with Crippen molar-refractivity contribution in [2.45, 2.75) is 20.3 Å². The summed E-state index contributed by atoms with van der Waals surface area (Å²) in [7, 11) is 0. The number of rotatable bonds is 3. The third kappa shape index (κ3) is 3.18. The summed E-state index contributed by atoms with van der Waals surface area (Å²) in [4.78, 5) is 17.5. The van der Waals surface area contributed by atoms with Gasteiger partial charge in [0.25, 0.3) is 0 Å². The average molecular weight is 176 g/mol. The molecule has 0 fully saturated rings.